The van der Waals surface area contributed by atoms with Gasteiger partial charge in [-0.3, -0.25) is 4.90 Å². The molecule has 0 radical (unpaired) electrons. The first-order chi connectivity index (χ1) is 9.72. The van der Waals surface area contributed by atoms with Crippen molar-refractivity contribution in [1.82, 2.24) is 10.2 Å². The molecule has 1 unspecified atom stereocenters. The predicted molar refractivity (Wildman–Crippen MR) is 83.7 cm³/mol. The van der Waals surface area contributed by atoms with Crippen LogP contribution in [-0.2, 0) is 13.1 Å². The highest BCUT2D eigenvalue weighted by Crippen LogP contribution is 2.22. The summed E-state index contributed by atoms with van der Waals surface area (Å²) in [5.41, 5.74) is 1.28. The largest absolute Gasteiger partial charge is 0.463 e. The van der Waals surface area contributed by atoms with E-state index in [0.717, 1.165) is 37.1 Å². The lowest BCUT2D eigenvalue weighted by molar-refractivity contribution is 0.153. The normalized spacial score (nSPS) is 20.4. The van der Waals surface area contributed by atoms with Gasteiger partial charge in [0.2, 0.25) is 0 Å². The monoisotopic (exact) mass is 278 g/mol. The molecule has 1 aromatic rings. The topological polar surface area (TPSA) is 28.4 Å². The van der Waals surface area contributed by atoms with Gasteiger partial charge in [-0.25, -0.2) is 0 Å². The highest BCUT2D eigenvalue weighted by molar-refractivity contribution is 5.20. The van der Waals surface area contributed by atoms with Gasteiger partial charge in [0.1, 0.15) is 11.5 Å². The standard InChI is InChI=1S/C17H30N2O/c1-4-8-18-11-17-14(3)10-16(20-17)13-19-9-6-7-15(5-2)12-19/h10,15,18H,4-9,11-13H2,1-3H3. The van der Waals surface area contributed by atoms with E-state index in [1.165, 1.54) is 44.3 Å². The Morgan fingerprint density at radius 2 is 2.25 bits per heavy atom. The smallest absolute Gasteiger partial charge is 0.120 e. The van der Waals surface area contributed by atoms with Gasteiger partial charge in [-0.05, 0) is 56.8 Å². The zero-order valence-corrected chi connectivity index (χ0v) is 13.4. The van der Waals surface area contributed by atoms with E-state index in [4.69, 9.17) is 4.42 Å². The lowest BCUT2D eigenvalue weighted by Crippen LogP contribution is -2.34. The van der Waals surface area contributed by atoms with E-state index in [-0.39, 0.29) is 0 Å². The number of piperidine rings is 1. The van der Waals surface area contributed by atoms with E-state index in [1.54, 1.807) is 0 Å². The molecule has 0 spiro atoms. The Bertz CT molecular complexity index is 400. The summed E-state index contributed by atoms with van der Waals surface area (Å²) in [5.74, 6) is 3.12. The minimum absolute atomic E-state index is 0.858. The maximum absolute atomic E-state index is 6.03. The fraction of sp³-hybridized carbons (Fsp3) is 0.765. The van der Waals surface area contributed by atoms with Gasteiger partial charge in [0.25, 0.3) is 0 Å². The third kappa shape index (κ3) is 4.35. The van der Waals surface area contributed by atoms with E-state index in [0.29, 0.717) is 0 Å². The van der Waals surface area contributed by atoms with E-state index in [9.17, 15) is 0 Å². The maximum atomic E-state index is 6.03. The Morgan fingerprint density at radius 3 is 3.00 bits per heavy atom. The molecule has 0 bridgehead atoms. The van der Waals surface area contributed by atoms with Crippen LogP contribution in [0.2, 0.25) is 0 Å². The van der Waals surface area contributed by atoms with E-state index >= 15 is 0 Å². The Morgan fingerprint density at radius 1 is 1.40 bits per heavy atom. The zero-order chi connectivity index (χ0) is 14.4. The highest BCUT2D eigenvalue weighted by Gasteiger charge is 2.19. The minimum atomic E-state index is 0.858. The summed E-state index contributed by atoms with van der Waals surface area (Å²) in [4.78, 5) is 2.55. The van der Waals surface area contributed by atoms with Crippen LogP contribution in [0.15, 0.2) is 10.5 Å². The number of hydrogen-bond donors (Lipinski definition) is 1. The second-order valence-electron chi connectivity index (χ2n) is 6.15. The number of rotatable bonds is 7. The van der Waals surface area contributed by atoms with Gasteiger partial charge < -0.3 is 9.73 Å². The Labute approximate surface area is 123 Å². The molecular formula is C17H30N2O. The van der Waals surface area contributed by atoms with E-state index in [2.05, 4.69) is 37.1 Å². The van der Waals surface area contributed by atoms with Crippen LogP contribution in [0.1, 0.15) is 56.6 Å². The molecule has 2 rings (SSSR count). The van der Waals surface area contributed by atoms with E-state index < -0.39 is 0 Å². The first-order valence-corrected chi connectivity index (χ1v) is 8.24. The molecule has 1 aliphatic rings. The van der Waals surface area contributed by atoms with Gasteiger partial charge in [0, 0.05) is 6.54 Å². The van der Waals surface area contributed by atoms with Gasteiger partial charge in [0.15, 0.2) is 0 Å². The Balaban J connectivity index is 1.87. The van der Waals surface area contributed by atoms with Crippen molar-refractivity contribution in [2.24, 2.45) is 5.92 Å². The third-order valence-electron chi connectivity index (χ3n) is 4.34. The Kier molecular flexibility index (Phi) is 6.11. The molecule has 3 nitrogen and oxygen atoms in total. The van der Waals surface area contributed by atoms with Crippen LogP contribution in [0, 0.1) is 12.8 Å². The van der Waals surface area contributed by atoms with Gasteiger partial charge in [0.05, 0.1) is 13.1 Å². The van der Waals surface area contributed by atoms with Crippen molar-refractivity contribution in [2.75, 3.05) is 19.6 Å². The quantitative estimate of drug-likeness (QED) is 0.771. The lowest BCUT2D eigenvalue weighted by Gasteiger charge is -2.31. The molecule has 0 saturated carbocycles. The molecule has 3 heteroatoms. The van der Waals surface area contributed by atoms with Crippen molar-refractivity contribution < 1.29 is 4.42 Å². The van der Waals surface area contributed by atoms with Crippen molar-refractivity contribution in [2.45, 2.75) is 59.5 Å². The average molecular weight is 278 g/mol. The molecule has 1 N–H and O–H groups in total. The molecule has 1 fully saturated rings. The zero-order valence-electron chi connectivity index (χ0n) is 13.4. The van der Waals surface area contributed by atoms with Crippen molar-refractivity contribution >= 4 is 0 Å². The number of aryl methyl sites for hydroxylation is 1. The van der Waals surface area contributed by atoms with Gasteiger partial charge in [-0.1, -0.05) is 20.3 Å². The molecule has 114 valence electrons. The van der Waals surface area contributed by atoms with E-state index in [1.807, 2.05) is 0 Å². The van der Waals surface area contributed by atoms with Gasteiger partial charge in [-0.15, -0.1) is 0 Å². The number of nitrogens with one attached hydrogen (secondary N) is 1. The van der Waals surface area contributed by atoms with Crippen molar-refractivity contribution in [1.29, 1.82) is 0 Å². The lowest BCUT2D eigenvalue weighted by atomic mass is 9.96. The number of hydrogen-bond acceptors (Lipinski definition) is 3. The summed E-state index contributed by atoms with van der Waals surface area (Å²) in [6, 6.07) is 2.22. The van der Waals surface area contributed by atoms with Gasteiger partial charge in [-0.2, -0.15) is 0 Å². The Hall–Kier alpha value is -0.800. The average Bonchev–Trinajstić information content (AvgIpc) is 2.79. The first kappa shape index (κ1) is 15.6. The van der Waals surface area contributed by atoms with Crippen LogP contribution in [0.5, 0.6) is 0 Å². The molecule has 1 aliphatic heterocycles. The number of nitrogens with zero attached hydrogens (tertiary/aromatic N) is 1. The molecular weight excluding hydrogens is 248 g/mol. The van der Waals surface area contributed by atoms with Crippen molar-refractivity contribution in [3.05, 3.63) is 23.2 Å². The second-order valence-corrected chi connectivity index (χ2v) is 6.15. The van der Waals surface area contributed by atoms with Crippen LogP contribution in [0.4, 0.5) is 0 Å². The SMILES string of the molecule is CCCNCc1oc(CN2CCCC(CC)C2)cc1C. The van der Waals surface area contributed by atoms with Crippen LogP contribution in [0.3, 0.4) is 0 Å². The van der Waals surface area contributed by atoms with Crippen LogP contribution >= 0.6 is 0 Å². The number of furan rings is 1. The maximum Gasteiger partial charge on any atom is 0.120 e. The van der Waals surface area contributed by atoms with Crippen LogP contribution < -0.4 is 5.32 Å². The molecule has 0 aromatic carbocycles. The fourth-order valence-corrected chi connectivity index (χ4v) is 3.07. The fourth-order valence-electron chi connectivity index (χ4n) is 3.07. The minimum Gasteiger partial charge on any atom is -0.463 e. The third-order valence-corrected chi connectivity index (χ3v) is 4.34. The summed E-state index contributed by atoms with van der Waals surface area (Å²) >= 11 is 0. The summed E-state index contributed by atoms with van der Waals surface area (Å²) in [6.45, 7) is 12.0. The molecule has 0 aliphatic carbocycles. The van der Waals surface area contributed by atoms with Crippen molar-refractivity contribution in [3.8, 4) is 0 Å². The predicted octanol–water partition coefficient (Wildman–Crippen LogP) is 3.71. The summed E-state index contributed by atoms with van der Waals surface area (Å²) in [6.07, 6.45) is 5.21. The molecule has 2 heterocycles. The van der Waals surface area contributed by atoms with Crippen LogP contribution in [0.25, 0.3) is 0 Å². The molecule has 1 aromatic heterocycles. The molecule has 1 saturated heterocycles. The van der Waals surface area contributed by atoms with Gasteiger partial charge >= 0.3 is 0 Å². The highest BCUT2D eigenvalue weighted by atomic mass is 16.3. The summed E-state index contributed by atoms with van der Waals surface area (Å²) in [5, 5.41) is 3.42. The van der Waals surface area contributed by atoms with Crippen molar-refractivity contribution in [3.63, 3.8) is 0 Å². The molecule has 0 amide bonds. The number of likely N-dealkylation sites (tertiary alicyclic amines) is 1. The first-order valence-electron chi connectivity index (χ1n) is 8.24. The van der Waals surface area contributed by atoms with Crippen LogP contribution in [-0.4, -0.2) is 24.5 Å². The summed E-state index contributed by atoms with van der Waals surface area (Å²) < 4.78 is 6.03. The second kappa shape index (κ2) is 7.84. The summed E-state index contributed by atoms with van der Waals surface area (Å²) in [7, 11) is 0. The molecule has 1 atom stereocenters. The molecule has 20 heavy (non-hydrogen) atoms.